The van der Waals surface area contributed by atoms with Crippen molar-refractivity contribution in [2.24, 2.45) is 5.92 Å². The van der Waals surface area contributed by atoms with Crippen molar-refractivity contribution in [3.8, 4) is 0 Å². The third kappa shape index (κ3) is 4.94. The minimum atomic E-state index is -0.425. The van der Waals surface area contributed by atoms with E-state index in [2.05, 4.69) is 5.32 Å². The van der Waals surface area contributed by atoms with E-state index < -0.39 is 5.60 Å². The van der Waals surface area contributed by atoms with Crippen molar-refractivity contribution in [3.63, 3.8) is 0 Å². The first-order valence-corrected chi connectivity index (χ1v) is 7.74. The van der Waals surface area contributed by atoms with E-state index in [0.717, 1.165) is 32.7 Å². The predicted molar refractivity (Wildman–Crippen MR) is 77.8 cm³/mol. The van der Waals surface area contributed by atoms with E-state index in [-0.39, 0.29) is 12.2 Å². The topological polar surface area (TPSA) is 50.8 Å². The number of amides is 1. The number of nitrogens with one attached hydrogen (secondary N) is 1. The van der Waals surface area contributed by atoms with Gasteiger partial charge in [-0.25, -0.2) is 4.79 Å². The highest BCUT2D eigenvalue weighted by Gasteiger charge is 2.30. The fraction of sp³-hybridized carbons (Fsp3) is 0.933. The molecule has 2 aliphatic rings. The van der Waals surface area contributed by atoms with Crippen molar-refractivity contribution in [1.29, 1.82) is 0 Å². The fourth-order valence-electron chi connectivity index (χ4n) is 2.68. The van der Waals surface area contributed by atoms with Crippen LogP contribution in [0.5, 0.6) is 0 Å². The van der Waals surface area contributed by atoms with Gasteiger partial charge in [0.15, 0.2) is 0 Å². The summed E-state index contributed by atoms with van der Waals surface area (Å²) >= 11 is 0. The molecule has 2 rings (SSSR count). The van der Waals surface area contributed by atoms with Gasteiger partial charge in [0.1, 0.15) is 5.60 Å². The first kappa shape index (κ1) is 15.6. The molecule has 0 saturated carbocycles. The maximum atomic E-state index is 12.0. The minimum Gasteiger partial charge on any atom is -0.444 e. The van der Waals surface area contributed by atoms with Crippen LogP contribution in [-0.4, -0.2) is 55.5 Å². The van der Waals surface area contributed by atoms with Gasteiger partial charge in [-0.05, 0) is 59.0 Å². The summed E-state index contributed by atoms with van der Waals surface area (Å²) < 4.78 is 11.4. The highest BCUT2D eigenvalue weighted by atomic mass is 16.6. The van der Waals surface area contributed by atoms with Crippen LogP contribution in [0.25, 0.3) is 0 Å². The van der Waals surface area contributed by atoms with Crippen molar-refractivity contribution in [1.82, 2.24) is 10.2 Å². The maximum absolute atomic E-state index is 12.0. The van der Waals surface area contributed by atoms with E-state index in [0.29, 0.717) is 12.5 Å². The summed E-state index contributed by atoms with van der Waals surface area (Å²) in [7, 11) is 0. The Labute approximate surface area is 122 Å². The quantitative estimate of drug-likeness (QED) is 0.861. The van der Waals surface area contributed by atoms with E-state index in [1.54, 1.807) is 4.90 Å². The molecule has 1 atom stereocenters. The smallest absolute Gasteiger partial charge is 0.410 e. The van der Waals surface area contributed by atoms with Gasteiger partial charge in [-0.2, -0.15) is 0 Å². The van der Waals surface area contributed by atoms with Crippen LogP contribution in [0.4, 0.5) is 4.79 Å². The normalized spacial score (nSPS) is 24.9. The highest BCUT2D eigenvalue weighted by Crippen LogP contribution is 2.19. The Morgan fingerprint density at radius 2 is 1.95 bits per heavy atom. The lowest BCUT2D eigenvalue weighted by Crippen LogP contribution is -2.36. The minimum absolute atomic E-state index is 0.178. The summed E-state index contributed by atoms with van der Waals surface area (Å²) in [6.45, 7) is 10.1. The molecule has 2 fully saturated rings. The lowest BCUT2D eigenvalue weighted by Gasteiger charge is -2.25. The molecule has 2 aliphatic heterocycles. The number of nitrogens with zero attached hydrogens (tertiary/aromatic N) is 1. The average Bonchev–Trinajstić information content (AvgIpc) is 2.84. The Balaban J connectivity index is 1.68. The Bertz CT molecular complexity index is 322. The number of carbonyl (C=O) groups excluding carboxylic acids is 1. The van der Waals surface area contributed by atoms with Crippen molar-refractivity contribution >= 4 is 6.09 Å². The first-order valence-electron chi connectivity index (χ1n) is 7.74. The summed E-state index contributed by atoms with van der Waals surface area (Å²) in [6.07, 6.45) is 3.28. The van der Waals surface area contributed by atoms with E-state index in [4.69, 9.17) is 9.47 Å². The molecule has 2 saturated heterocycles. The molecule has 1 amide bonds. The zero-order valence-electron chi connectivity index (χ0n) is 13.0. The standard InChI is InChI=1S/C15H28N2O3/c1-15(2,3)20-14(18)17-9-6-13(10-17)19-11-12-4-7-16-8-5-12/h12-13,16H,4-11H2,1-3H3/t13-/m0/s1. The van der Waals surface area contributed by atoms with Crippen molar-refractivity contribution in [2.75, 3.05) is 32.8 Å². The van der Waals surface area contributed by atoms with E-state index >= 15 is 0 Å². The van der Waals surface area contributed by atoms with Crippen LogP contribution in [0.2, 0.25) is 0 Å². The second kappa shape index (κ2) is 6.76. The van der Waals surface area contributed by atoms with Crippen LogP contribution in [-0.2, 0) is 9.47 Å². The van der Waals surface area contributed by atoms with Gasteiger partial charge in [0.2, 0.25) is 0 Å². The predicted octanol–water partition coefficient (Wildman–Crippen LogP) is 2.01. The lowest BCUT2D eigenvalue weighted by molar-refractivity contribution is 0.0126. The third-order valence-corrected chi connectivity index (χ3v) is 3.82. The summed E-state index contributed by atoms with van der Waals surface area (Å²) in [6, 6.07) is 0. The zero-order chi connectivity index (χ0) is 14.6. The van der Waals surface area contributed by atoms with Gasteiger partial charge in [-0.15, -0.1) is 0 Å². The second-order valence-corrected chi connectivity index (χ2v) is 6.86. The molecule has 0 aromatic rings. The number of rotatable bonds is 3. The van der Waals surface area contributed by atoms with Crippen molar-refractivity contribution in [3.05, 3.63) is 0 Å². The fourth-order valence-corrected chi connectivity index (χ4v) is 2.68. The van der Waals surface area contributed by atoms with Crippen LogP contribution in [0.15, 0.2) is 0 Å². The average molecular weight is 284 g/mol. The lowest BCUT2D eigenvalue weighted by atomic mass is 9.99. The molecular formula is C15H28N2O3. The maximum Gasteiger partial charge on any atom is 0.410 e. The summed E-state index contributed by atoms with van der Waals surface area (Å²) in [5, 5.41) is 3.36. The summed E-state index contributed by atoms with van der Waals surface area (Å²) in [5.74, 6) is 0.673. The molecule has 0 aromatic heterocycles. The molecular weight excluding hydrogens is 256 g/mol. The number of likely N-dealkylation sites (tertiary alicyclic amines) is 1. The second-order valence-electron chi connectivity index (χ2n) is 6.86. The molecule has 2 heterocycles. The number of piperidine rings is 1. The number of ether oxygens (including phenoxy) is 2. The molecule has 0 unspecified atom stereocenters. The molecule has 20 heavy (non-hydrogen) atoms. The highest BCUT2D eigenvalue weighted by molar-refractivity contribution is 5.68. The van der Waals surface area contributed by atoms with Crippen LogP contribution < -0.4 is 5.32 Å². The summed E-state index contributed by atoms with van der Waals surface area (Å²) in [5.41, 5.74) is -0.425. The van der Waals surface area contributed by atoms with Gasteiger partial charge in [-0.1, -0.05) is 0 Å². The molecule has 5 nitrogen and oxygen atoms in total. The molecule has 116 valence electrons. The molecule has 0 aromatic carbocycles. The molecule has 0 spiro atoms. The third-order valence-electron chi connectivity index (χ3n) is 3.82. The van der Waals surface area contributed by atoms with Crippen molar-refractivity contribution < 1.29 is 14.3 Å². The van der Waals surface area contributed by atoms with Gasteiger partial charge >= 0.3 is 6.09 Å². The van der Waals surface area contributed by atoms with Gasteiger partial charge < -0.3 is 19.7 Å². The monoisotopic (exact) mass is 284 g/mol. The zero-order valence-corrected chi connectivity index (χ0v) is 13.0. The SMILES string of the molecule is CC(C)(C)OC(=O)N1CC[C@H](OCC2CCNCC2)C1. The number of carbonyl (C=O) groups is 1. The van der Waals surface area contributed by atoms with Crippen LogP contribution >= 0.6 is 0 Å². The van der Waals surface area contributed by atoms with Crippen molar-refractivity contribution in [2.45, 2.75) is 51.7 Å². The first-order chi connectivity index (χ1) is 9.44. The van der Waals surface area contributed by atoms with Gasteiger partial charge in [0.25, 0.3) is 0 Å². The number of hydrogen-bond acceptors (Lipinski definition) is 4. The van der Waals surface area contributed by atoms with Gasteiger partial charge in [0.05, 0.1) is 12.6 Å². The Morgan fingerprint density at radius 3 is 2.60 bits per heavy atom. The van der Waals surface area contributed by atoms with E-state index in [1.165, 1.54) is 12.8 Å². The van der Waals surface area contributed by atoms with E-state index in [9.17, 15) is 4.79 Å². The molecule has 5 heteroatoms. The Hall–Kier alpha value is -0.810. The largest absolute Gasteiger partial charge is 0.444 e. The molecule has 0 radical (unpaired) electrons. The van der Waals surface area contributed by atoms with Crippen LogP contribution in [0, 0.1) is 5.92 Å². The Morgan fingerprint density at radius 1 is 1.25 bits per heavy atom. The molecule has 1 N–H and O–H groups in total. The van der Waals surface area contributed by atoms with Gasteiger partial charge in [0, 0.05) is 13.2 Å². The molecule has 0 bridgehead atoms. The molecule has 0 aliphatic carbocycles. The summed E-state index contributed by atoms with van der Waals surface area (Å²) in [4.78, 5) is 13.7. The van der Waals surface area contributed by atoms with E-state index in [1.807, 2.05) is 20.8 Å². The van der Waals surface area contributed by atoms with Crippen LogP contribution in [0.1, 0.15) is 40.0 Å². The number of hydrogen-bond donors (Lipinski definition) is 1. The van der Waals surface area contributed by atoms with Crippen LogP contribution in [0.3, 0.4) is 0 Å². The van der Waals surface area contributed by atoms with Gasteiger partial charge in [-0.3, -0.25) is 0 Å². The Kier molecular flexibility index (Phi) is 5.27.